The fraction of sp³-hybridized carbons (Fsp3) is 0.800. The standard InChI is InChI=1S/C10H19O/c1-4-6-7-9(3)8-10(11)5-2/h2,5,9-11H,4,6-8H2,1,3H3/t9-,10+/m0/s1. The van der Waals surface area contributed by atoms with Crippen LogP contribution in [0.2, 0.25) is 0 Å². The lowest BCUT2D eigenvalue weighted by Gasteiger charge is -2.12. The van der Waals surface area contributed by atoms with Crippen LogP contribution in [0.25, 0.3) is 0 Å². The van der Waals surface area contributed by atoms with Crippen molar-refractivity contribution in [2.45, 2.75) is 45.6 Å². The highest BCUT2D eigenvalue weighted by Gasteiger charge is 2.05. The van der Waals surface area contributed by atoms with Gasteiger partial charge in [0.25, 0.3) is 0 Å². The maximum Gasteiger partial charge on any atom is 0.0726 e. The van der Waals surface area contributed by atoms with Gasteiger partial charge < -0.3 is 5.11 Å². The van der Waals surface area contributed by atoms with Gasteiger partial charge in [0.2, 0.25) is 0 Å². The van der Waals surface area contributed by atoms with Crippen LogP contribution in [0.5, 0.6) is 0 Å². The molecule has 0 aromatic rings. The SMILES string of the molecule is [CH]=C[C@@H](O)C[C@@H](C)CCCC. The first-order valence-electron chi connectivity index (χ1n) is 4.43. The summed E-state index contributed by atoms with van der Waals surface area (Å²) >= 11 is 0. The van der Waals surface area contributed by atoms with Gasteiger partial charge in [-0.3, -0.25) is 0 Å². The average molecular weight is 155 g/mol. The number of hydrogen-bond donors (Lipinski definition) is 1. The third-order valence-electron chi connectivity index (χ3n) is 1.92. The van der Waals surface area contributed by atoms with Crippen LogP contribution >= 0.6 is 0 Å². The first-order valence-corrected chi connectivity index (χ1v) is 4.43. The fourth-order valence-electron chi connectivity index (χ4n) is 1.16. The zero-order valence-electron chi connectivity index (χ0n) is 7.59. The van der Waals surface area contributed by atoms with Gasteiger partial charge in [-0.15, -0.1) is 0 Å². The van der Waals surface area contributed by atoms with E-state index in [0.717, 1.165) is 6.42 Å². The number of rotatable bonds is 6. The molecular weight excluding hydrogens is 136 g/mol. The Morgan fingerprint density at radius 1 is 1.55 bits per heavy atom. The Bertz CT molecular complexity index is 99.0. The van der Waals surface area contributed by atoms with Gasteiger partial charge >= 0.3 is 0 Å². The van der Waals surface area contributed by atoms with Crippen molar-refractivity contribution in [1.82, 2.24) is 0 Å². The number of hydrogen-bond acceptors (Lipinski definition) is 1. The molecule has 0 fully saturated rings. The Balaban J connectivity index is 3.34. The molecule has 0 bridgehead atoms. The highest BCUT2D eigenvalue weighted by Crippen LogP contribution is 2.13. The first kappa shape index (κ1) is 10.7. The van der Waals surface area contributed by atoms with Crippen molar-refractivity contribution in [2.24, 2.45) is 5.92 Å². The van der Waals surface area contributed by atoms with Crippen LogP contribution in [0.1, 0.15) is 39.5 Å². The largest absolute Gasteiger partial charge is 0.389 e. The summed E-state index contributed by atoms with van der Waals surface area (Å²) in [7, 11) is 0. The van der Waals surface area contributed by atoms with Crippen LogP contribution < -0.4 is 0 Å². The Labute approximate surface area is 70.1 Å². The molecule has 0 aliphatic rings. The van der Waals surface area contributed by atoms with E-state index in [1.165, 1.54) is 25.3 Å². The van der Waals surface area contributed by atoms with Gasteiger partial charge in [0.15, 0.2) is 0 Å². The third-order valence-corrected chi connectivity index (χ3v) is 1.92. The van der Waals surface area contributed by atoms with Crippen LogP contribution in [0.15, 0.2) is 6.08 Å². The number of aliphatic hydroxyl groups excluding tert-OH is 1. The van der Waals surface area contributed by atoms with E-state index in [-0.39, 0.29) is 0 Å². The molecule has 1 nitrogen and oxygen atoms in total. The molecule has 0 aliphatic carbocycles. The molecule has 0 aromatic heterocycles. The van der Waals surface area contributed by atoms with Crippen molar-refractivity contribution in [3.8, 4) is 0 Å². The Kier molecular flexibility index (Phi) is 6.24. The van der Waals surface area contributed by atoms with Crippen molar-refractivity contribution in [2.75, 3.05) is 0 Å². The maximum absolute atomic E-state index is 9.15. The normalized spacial score (nSPS) is 15.9. The van der Waals surface area contributed by atoms with Crippen LogP contribution in [0.3, 0.4) is 0 Å². The molecule has 1 heteroatoms. The lowest BCUT2D eigenvalue weighted by Crippen LogP contribution is -2.08. The second-order valence-corrected chi connectivity index (χ2v) is 3.24. The van der Waals surface area contributed by atoms with E-state index >= 15 is 0 Å². The fourth-order valence-corrected chi connectivity index (χ4v) is 1.16. The van der Waals surface area contributed by atoms with E-state index in [2.05, 4.69) is 13.8 Å². The smallest absolute Gasteiger partial charge is 0.0726 e. The first-order chi connectivity index (χ1) is 5.20. The minimum absolute atomic E-state index is 0.415. The summed E-state index contributed by atoms with van der Waals surface area (Å²) in [6, 6.07) is 0. The van der Waals surface area contributed by atoms with Gasteiger partial charge in [-0.25, -0.2) is 0 Å². The maximum atomic E-state index is 9.15. The van der Waals surface area contributed by atoms with Gasteiger partial charge in [-0.05, 0) is 12.3 Å². The minimum Gasteiger partial charge on any atom is -0.389 e. The van der Waals surface area contributed by atoms with E-state index in [0.29, 0.717) is 5.92 Å². The monoisotopic (exact) mass is 155 g/mol. The summed E-state index contributed by atoms with van der Waals surface area (Å²) in [5, 5.41) is 9.15. The Morgan fingerprint density at radius 3 is 2.64 bits per heavy atom. The molecule has 1 N–H and O–H groups in total. The Morgan fingerprint density at radius 2 is 2.18 bits per heavy atom. The predicted octanol–water partition coefficient (Wildman–Crippen LogP) is 2.55. The van der Waals surface area contributed by atoms with Crippen molar-refractivity contribution in [3.63, 3.8) is 0 Å². The summed E-state index contributed by atoms with van der Waals surface area (Å²) in [6.45, 7) is 9.51. The van der Waals surface area contributed by atoms with E-state index in [4.69, 9.17) is 11.7 Å². The molecule has 0 heterocycles. The highest BCUT2D eigenvalue weighted by atomic mass is 16.3. The summed E-state index contributed by atoms with van der Waals surface area (Å²) in [5.41, 5.74) is 0. The predicted molar refractivity (Wildman–Crippen MR) is 48.2 cm³/mol. The molecule has 0 rings (SSSR count). The van der Waals surface area contributed by atoms with Gasteiger partial charge in [0.05, 0.1) is 6.10 Å². The van der Waals surface area contributed by atoms with Crippen molar-refractivity contribution >= 4 is 0 Å². The quantitative estimate of drug-likeness (QED) is 0.625. The summed E-state index contributed by atoms with van der Waals surface area (Å²) < 4.78 is 0. The zero-order chi connectivity index (χ0) is 8.69. The Hall–Kier alpha value is -0.300. The molecular formula is C10H19O. The molecule has 0 amide bonds. The van der Waals surface area contributed by atoms with E-state index in [1.54, 1.807) is 0 Å². The molecule has 0 unspecified atom stereocenters. The van der Waals surface area contributed by atoms with Crippen molar-refractivity contribution in [1.29, 1.82) is 0 Å². The van der Waals surface area contributed by atoms with Crippen LogP contribution in [-0.4, -0.2) is 11.2 Å². The second kappa shape index (κ2) is 6.41. The van der Waals surface area contributed by atoms with Gasteiger partial charge in [0, 0.05) is 0 Å². The summed E-state index contributed by atoms with van der Waals surface area (Å²) in [4.78, 5) is 0. The van der Waals surface area contributed by atoms with E-state index < -0.39 is 6.10 Å². The molecule has 0 aromatic carbocycles. The third kappa shape index (κ3) is 6.11. The molecule has 1 radical (unpaired) electrons. The molecule has 0 spiro atoms. The van der Waals surface area contributed by atoms with E-state index in [1.807, 2.05) is 0 Å². The van der Waals surface area contributed by atoms with Gasteiger partial charge in [-0.2, -0.15) is 0 Å². The van der Waals surface area contributed by atoms with Crippen LogP contribution in [0.4, 0.5) is 0 Å². The lowest BCUT2D eigenvalue weighted by molar-refractivity contribution is 0.187. The number of aliphatic hydroxyl groups is 1. The number of unbranched alkanes of at least 4 members (excludes halogenated alkanes) is 1. The molecule has 65 valence electrons. The lowest BCUT2D eigenvalue weighted by atomic mass is 9.98. The highest BCUT2D eigenvalue weighted by molar-refractivity contribution is 4.76. The molecule has 0 saturated carbocycles. The van der Waals surface area contributed by atoms with Crippen LogP contribution in [0, 0.1) is 12.5 Å². The molecule has 11 heavy (non-hydrogen) atoms. The van der Waals surface area contributed by atoms with Crippen molar-refractivity contribution < 1.29 is 5.11 Å². The van der Waals surface area contributed by atoms with Gasteiger partial charge in [-0.1, -0.05) is 45.8 Å². The molecule has 0 saturated heterocycles. The minimum atomic E-state index is -0.415. The van der Waals surface area contributed by atoms with E-state index in [9.17, 15) is 0 Å². The zero-order valence-corrected chi connectivity index (χ0v) is 7.59. The summed E-state index contributed by atoms with van der Waals surface area (Å²) in [6.07, 6.45) is 5.42. The topological polar surface area (TPSA) is 20.2 Å². The average Bonchev–Trinajstić information content (AvgIpc) is 2.00. The molecule has 0 aliphatic heterocycles. The van der Waals surface area contributed by atoms with Gasteiger partial charge in [0.1, 0.15) is 0 Å². The van der Waals surface area contributed by atoms with Crippen molar-refractivity contribution in [3.05, 3.63) is 12.7 Å². The van der Waals surface area contributed by atoms with Crippen LogP contribution in [-0.2, 0) is 0 Å². The second-order valence-electron chi connectivity index (χ2n) is 3.24. The summed E-state index contributed by atoms with van der Waals surface area (Å²) in [5.74, 6) is 0.588. The molecule has 2 atom stereocenters.